The van der Waals surface area contributed by atoms with Gasteiger partial charge in [-0.25, -0.2) is 4.79 Å². The van der Waals surface area contributed by atoms with Crippen molar-refractivity contribution in [2.24, 2.45) is 0 Å². The Morgan fingerprint density at radius 1 is 1.42 bits per heavy atom. The van der Waals surface area contributed by atoms with Gasteiger partial charge in [-0.3, -0.25) is 9.59 Å². The molecule has 0 spiro atoms. The lowest BCUT2D eigenvalue weighted by atomic mass is 9.95. The first-order valence-corrected chi connectivity index (χ1v) is 8.56. The van der Waals surface area contributed by atoms with Gasteiger partial charge in [0.25, 0.3) is 0 Å². The van der Waals surface area contributed by atoms with Crippen LogP contribution >= 0.6 is 11.8 Å². The number of carbonyl (C=O) groups is 3. The van der Waals surface area contributed by atoms with E-state index in [-0.39, 0.29) is 23.7 Å². The molecule has 2 fully saturated rings. The molecular weight excluding hydrogens is 330 g/mol. The van der Waals surface area contributed by atoms with Gasteiger partial charge in [-0.15, -0.1) is 18.2 Å². The Kier molecular flexibility index (Phi) is 4.77. The lowest BCUT2D eigenvalue weighted by Crippen LogP contribution is -2.71. The zero-order valence-corrected chi connectivity index (χ0v) is 15.3. The third kappa shape index (κ3) is 3.46. The summed E-state index contributed by atoms with van der Waals surface area (Å²) < 4.78 is 4.71. The minimum Gasteiger partial charge on any atom is -0.444 e. The molecule has 0 aromatic rings. The molecule has 0 bridgehead atoms. The average molecular weight is 353 g/mol. The average Bonchev–Trinajstić information content (AvgIpc) is 2.69. The number of fused-ring (bicyclic) bond motifs is 1. The van der Waals surface area contributed by atoms with Crippen molar-refractivity contribution in [3.05, 3.63) is 0 Å². The maximum Gasteiger partial charge on any atom is 0.408 e. The van der Waals surface area contributed by atoms with E-state index in [2.05, 4.69) is 16.6 Å². The van der Waals surface area contributed by atoms with Crippen molar-refractivity contribution in [1.29, 1.82) is 0 Å². The zero-order chi connectivity index (χ0) is 18.3. The molecule has 0 aromatic heterocycles. The van der Waals surface area contributed by atoms with Gasteiger partial charge in [0.1, 0.15) is 23.1 Å². The van der Waals surface area contributed by atoms with Gasteiger partial charge in [0.15, 0.2) is 0 Å². The molecule has 2 N–H and O–H groups in total. The number of hydrogen-bond acceptors (Lipinski definition) is 5. The number of nitrogens with zero attached hydrogens (tertiary/aromatic N) is 1. The van der Waals surface area contributed by atoms with Gasteiger partial charge >= 0.3 is 6.09 Å². The predicted octanol–water partition coefficient (Wildman–Crippen LogP) is 0.691. The summed E-state index contributed by atoms with van der Waals surface area (Å²) >= 11 is 1.48. The number of carbonyl (C=O) groups excluding carboxylic acids is 3. The molecule has 2 saturated heterocycles. The number of ether oxygens (including phenoxy) is 1. The third-order valence-corrected chi connectivity index (χ3v) is 5.30. The lowest BCUT2D eigenvalue weighted by molar-refractivity contribution is -0.153. The van der Waals surface area contributed by atoms with Gasteiger partial charge in [0.05, 0.1) is 6.54 Å². The number of thioether (sulfide) groups is 1. The molecule has 3 atom stereocenters. The molecule has 2 heterocycles. The molecule has 2 aliphatic rings. The van der Waals surface area contributed by atoms with Crippen molar-refractivity contribution in [2.75, 3.05) is 6.54 Å². The van der Waals surface area contributed by atoms with E-state index in [0.717, 1.165) is 0 Å². The summed E-state index contributed by atoms with van der Waals surface area (Å²) in [4.78, 5) is 38.2. The van der Waals surface area contributed by atoms with Gasteiger partial charge < -0.3 is 20.3 Å². The van der Waals surface area contributed by atoms with E-state index in [0.29, 0.717) is 0 Å². The van der Waals surface area contributed by atoms with Crippen LogP contribution in [0.25, 0.3) is 0 Å². The summed E-state index contributed by atoms with van der Waals surface area (Å²) in [5.41, 5.74) is -0.643. The lowest BCUT2D eigenvalue weighted by Gasteiger charge is -2.44. The highest BCUT2D eigenvalue weighted by Gasteiger charge is 2.64. The van der Waals surface area contributed by atoms with Crippen LogP contribution in [0, 0.1) is 12.3 Å². The number of nitrogens with one attached hydrogen (secondary N) is 2. The van der Waals surface area contributed by atoms with Crippen molar-refractivity contribution in [1.82, 2.24) is 15.5 Å². The fraction of sp³-hybridized carbons (Fsp3) is 0.688. The second-order valence-electron chi connectivity index (χ2n) is 7.31. The summed E-state index contributed by atoms with van der Waals surface area (Å²) in [5.74, 6) is 1.78. The van der Waals surface area contributed by atoms with Gasteiger partial charge in [-0.2, -0.15) is 0 Å². The fourth-order valence-corrected chi connectivity index (χ4v) is 4.47. The standard InChI is InChI=1S/C16H23N3O4S/c1-7-8-17-11(20)10-16(5,6)24-13-9(12(21)19(10)13)18-14(22)23-15(2,3)4/h1,9-10,13H,8H2,2-6H3,(H,17,20)(H,18,22)/t9-,10+,13?/m1/s1. The highest BCUT2D eigenvalue weighted by Crippen LogP contribution is 2.50. The Morgan fingerprint density at radius 3 is 2.58 bits per heavy atom. The molecule has 7 nitrogen and oxygen atoms in total. The van der Waals surface area contributed by atoms with Crippen molar-refractivity contribution >= 4 is 29.7 Å². The first-order chi connectivity index (χ1) is 11.0. The van der Waals surface area contributed by atoms with E-state index in [1.54, 1.807) is 20.8 Å². The monoisotopic (exact) mass is 353 g/mol. The molecule has 0 radical (unpaired) electrons. The summed E-state index contributed by atoms with van der Waals surface area (Å²) in [5, 5.41) is 4.93. The van der Waals surface area contributed by atoms with Crippen LogP contribution < -0.4 is 10.6 Å². The van der Waals surface area contributed by atoms with Gasteiger partial charge in [0.2, 0.25) is 11.8 Å². The van der Waals surface area contributed by atoms with Crippen LogP contribution in [-0.2, 0) is 14.3 Å². The Bertz CT molecular complexity index is 605. The molecule has 24 heavy (non-hydrogen) atoms. The first kappa shape index (κ1) is 18.5. The van der Waals surface area contributed by atoms with E-state index in [4.69, 9.17) is 11.2 Å². The molecular formula is C16H23N3O4S. The Hall–Kier alpha value is -1.88. The SMILES string of the molecule is C#CCNC(=O)[C@@H]1N2C(=O)[C@@H](NC(=O)OC(C)(C)C)C2SC1(C)C. The van der Waals surface area contributed by atoms with Crippen LogP contribution in [0.1, 0.15) is 34.6 Å². The summed E-state index contributed by atoms with van der Waals surface area (Å²) in [7, 11) is 0. The number of hydrogen-bond donors (Lipinski definition) is 2. The molecule has 0 aliphatic carbocycles. The van der Waals surface area contributed by atoms with E-state index < -0.39 is 28.5 Å². The van der Waals surface area contributed by atoms with Crippen LogP contribution in [0.3, 0.4) is 0 Å². The van der Waals surface area contributed by atoms with E-state index in [1.807, 2.05) is 13.8 Å². The fourth-order valence-electron chi connectivity index (χ4n) is 2.84. The van der Waals surface area contributed by atoms with Crippen molar-refractivity contribution in [3.63, 3.8) is 0 Å². The Morgan fingerprint density at radius 2 is 2.04 bits per heavy atom. The molecule has 3 amide bonds. The second-order valence-corrected chi connectivity index (χ2v) is 9.08. The topological polar surface area (TPSA) is 87.7 Å². The highest BCUT2D eigenvalue weighted by molar-refractivity contribution is 8.01. The number of alkyl carbamates (subject to hydrolysis) is 1. The number of rotatable bonds is 3. The molecule has 0 saturated carbocycles. The minimum absolute atomic E-state index is 0.113. The van der Waals surface area contributed by atoms with Crippen LogP contribution in [0.4, 0.5) is 4.79 Å². The zero-order valence-electron chi connectivity index (χ0n) is 14.5. The van der Waals surface area contributed by atoms with E-state index in [1.165, 1.54) is 16.7 Å². The molecule has 1 unspecified atom stereocenters. The van der Waals surface area contributed by atoms with Gasteiger partial charge in [-0.05, 0) is 34.6 Å². The molecule has 2 aliphatic heterocycles. The van der Waals surface area contributed by atoms with Crippen LogP contribution in [0.2, 0.25) is 0 Å². The number of terminal acetylenes is 1. The van der Waals surface area contributed by atoms with E-state index >= 15 is 0 Å². The molecule has 2 rings (SSSR count). The minimum atomic E-state index is -0.686. The maximum atomic E-state index is 12.4. The summed E-state index contributed by atoms with van der Waals surface area (Å²) in [6, 6.07) is -1.31. The number of β-lactam (4-membered cyclic amide) rings is 1. The second kappa shape index (κ2) is 6.20. The predicted molar refractivity (Wildman–Crippen MR) is 91.1 cm³/mol. The van der Waals surface area contributed by atoms with Crippen molar-refractivity contribution < 1.29 is 19.1 Å². The number of amides is 3. The largest absolute Gasteiger partial charge is 0.444 e. The van der Waals surface area contributed by atoms with Gasteiger partial charge in [-0.1, -0.05) is 5.92 Å². The summed E-state index contributed by atoms with van der Waals surface area (Å²) in [6.45, 7) is 9.16. The molecule has 0 aromatic carbocycles. The molecule has 8 heteroatoms. The normalized spacial score (nSPS) is 27.6. The maximum absolute atomic E-state index is 12.4. The highest BCUT2D eigenvalue weighted by atomic mass is 32.2. The van der Waals surface area contributed by atoms with Crippen molar-refractivity contribution in [2.45, 2.75) is 62.4 Å². The first-order valence-electron chi connectivity index (χ1n) is 7.68. The summed E-state index contributed by atoms with van der Waals surface area (Å²) in [6.07, 6.45) is 4.52. The van der Waals surface area contributed by atoms with Crippen LogP contribution in [0.5, 0.6) is 0 Å². The molecule has 132 valence electrons. The van der Waals surface area contributed by atoms with E-state index in [9.17, 15) is 14.4 Å². The Labute approximate surface area is 146 Å². The third-order valence-electron chi connectivity index (χ3n) is 3.73. The van der Waals surface area contributed by atoms with Crippen LogP contribution in [0.15, 0.2) is 0 Å². The van der Waals surface area contributed by atoms with Gasteiger partial charge in [0, 0.05) is 4.75 Å². The van der Waals surface area contributed by atoms with Crippen LogP contribution in [-0.4, -0.2) is 57.2 Å². The van der Waals surface area contributed by atoms with Crippen molar-refractivity contribution in [3.8, 4) is 12.3 Å². The Balaban J connectivity index is 2.07. The quantitative estimate of drug-likeness (QED) is 0.576. The smallest absolute Gasteiger partial charge is 0.408 e.